The van der Waals surface area contributed by atoms with E-state index in [4.69, 9.17) is 11.6 Å². The third kappa shape index (κ3) is 1.68. The van der Waals surface area contributed by atoms with Gasteiger partial charge in [-0.2, -0.15) is 5.10 Å². The number of halogens is 1. The summed E-state index contributed by atoms with van der Waals surface area (Å²) in [5.74, 6) is 0. The van der Waals surface area contributed by atoms with E-state index in [0.717, 1.165) is 28.2 Å². The van der Waals surface area contributed by atoms with Crippen LogP contribution in [0.4, 0.5) is 0 Å². The van der Waals surface area contributed by atoms with Crippen LogP contribution in [0, 0.1) is 13.8 Å². The molecule has 0 aliphatic rings. The second kappa shape index (κ2) is 4.10. The minimum absolute atomic E-state index is 0.586. The molecule has 3 rings (SSSR count). The molecule has 0 radical (unpaired) electrons. The molecule has 3 nitrogen and oxygen atoms in total. The van der Waals surface area contributed by atoms with Crippen molar-refractivity contribution < 1.29 is 0 Å². The van der Waals surface area contributed by atoms with E-state index in [0.29, 0.717) is 5.15 Å². The molecule has 1 aromatic carbocycles. The van der Waals surface area contributed by atoms with Crippen molar-refractivity contribution in [2.24, 2.45) is 0 Å². The van der Waals surface area contributed by atoms with Gasteiger partial charge in [-0.05, 0) is 25.5 Å². The molecule has 0 amide bonds. The van der Waals surface area contributed by atoms with Crippen LogP contribution < -0.4 is 0 Å². The zero-order valence-electron chi connectivity index (χ0n) is 10.2. The molecule has 0 bridgehead atoms. The summed E-state index contributed by atoms with van der Waals surface area (Å²) in [6, 6.07) is 11.9. The molecular weight excluding hydrogens is 246 g/mol. The fourth-order valence-electron chi connectivity index (χ4n) is 2.14. The monoisotopic (exact) mass is 257 g/mol. The number of hydrogen-bond donors (Lipinski definition) is 0. The third-order valence-corrected chi connectivity index (χ3v) is 3.18. The third-order valence-electron chi connectivity index (χ3n) is 2.91. The first kappa shape index (κ1) is 11.2. The van der Waals surface area contributed by atoms with Gasteiger partial charge in [-0.15, -0.1) is 0 Å². The molecule has 0 unspecified atom stereocenters. The number of nitrogens with zero attached hydrogens (tertiary/aromatic N) is 3. The number of aryl methyl sites for hydroxylation is 2. The molecule has 0 fully saturated rings. The molecule has 0 atom stereocenters. The fourth-order valence-corrected chi connectivity index (χ4v) is 2.42. The average molecular weight is 258 g/mol. The fraction of sp³-hybridized carbons (Fsp3) is 0.143. The van der Waals surface area contributed by atoms with E-state index in [1.54, 1.807) is 4.52 Å². The smallest absolute Gasteiger partial charge is 0.165 e. The van der Waals surface area contributed by atoms with Gasteiger partial charge in [0.2, 0.25) is 0 Å². The lowest BCUT2D eigenvalue weighted by Crippen LogP contribution is -1.94. The Morgan fingerprint density at radius 1 is 1.11 bits per heavy atom. The highest BCUT2D eigenvalue weighted by Crippen LogP contribution is 2.28. The lowest BCUT2D eigenvalue weighted by Gasteiger charge is -2.02. The lowest BCUT2D eigenvalue weighted by molar-refractivity contribution is 0.910. The largest absolute Gasteiger partial charge is 0.233 e. The standard InChI is InChI=1S/C14H12ClN3/c1-9-8-12(15)18-14(16-9)13(10(2)17-18)11-6-4-3-5-7-11/h3-8H,1-2H3. The van der Waals surface area contributed by atoms with Crippen molar-refractivity contribution in [3.63, 3.8) is 0 Å². The van der Waals surface area contributed by atoms with Crippen LogP contribution in [0.5, 0.6) is 0 Å². The van der Waals surface area contributed by atoms with Gasteiger partial charge in [0, 0.05) is 11.3 Å². The van der Waals surface area contributed by atoms with Crippen molar-refractivity contribution in [1.82, 2.24) is 14.6 Å². The first-order valence-electron chi connectivity index (χ1n) is 5.75. The Hall–Kier alpha value is -1.87. The Morgan fingerprint density at radius 3 is 2.56 bits per heavy atom. The van der Waals surface area contributed by atoms with Crippen LogP contribution in [-0.4, -0.2) is 14.6 Å². The van der Waals surface area contributed by atoms with E-state index in [2.05, 4.69) is 22.2 Å². The molecule has 18 heavy (non-hydrogen) atoms. The van der Waals surface area contributed by atoms with E-state index in [-0.39, 0.29) is 0 Å². The summed E-state index contributed by atoms with van der Waals surface area (Å²) in [7, 11) is 0. The molecule has 2 aromatic heterocycles. The SMILES string of the molecule is Cc1cc(Cl)n2nc(C)c(-c3ccccc3)c2n1. The number of rotatable bonds is 1. The van der Waals surface area contributed by atoms with Gasteiger partial charge in [0.1, 0.15) is 5.15 Å². The van der Waals surface area contributed by atoms with Crippen LogP contribution in [0.25, 0.3) is 16.8 Å². The molecule has 0 aliphatic heterocycles. The molecule has 0 saturated heterocycles. The molecular formula is C14H12ClN3. The molecule has 0 spiro atoms. The number of hydrogen-bond acceptors (Lipinski definition) is 2. The Kier molecular flexibility index (Phi) is 2.56. The summed E-state index contributed by atoms with van der Waals surface area (Å²) in [5.41, 5.74) is 4.79. The highest BCUT2D eigenvalue weighted by atomic mass is 35.5. The summed E-state index contributed by atoms with van der Waals surface area (Å²) in [6.45, 7) is 3.91. The number of fused-ring (bicyclic) bond motifs is 1. The maximum atomic E-state index is 6.20. The maximum absolute atomic E-state index is 6.20. The zero-order chi connectivity index (χ0) is 12.7. The summed E-state index contributed by atoms with van der Waals surface area (Å²) in [5, 5.41) is 5.04. The summed E-state index contributed by atoms with van der Waals surface area (Å²) in [6.07, 6.45) is 0. The lowest BCUT2D eigenvalue weighted by atomic mass is 10.1. The van der Waals surface area contributed by atoms with Crippen LogP contribution in [0.2, 0.25) is 5.15 Å². The van der Waals surface area contributed by atoms with Crippen molar-refractivity contribution in [3.05, 3.63) is 52.9 Å². The van der Waals surface area contributed by atoms with Crippen molar-refractivity contribution in [2.45, 2.75) is 13.8 Å². The van der Waals surface area contributed by atoms with Gasteiger partial charge in [0.25, 0.3) is 0 Å². The summed E-state index contributed by atoms with van der Waals surface area (Å²) < 4.78 is 1.69. The van der Waals surface area contributed by atoms with Crippen LogP contribution in [0.3, 0.4) is 0 Å². The molecule has 4 heteroatoms. The van der Waals surface area contributed by atoms with Crippen LogP contribution in [-0.2, 0) is 0 Å². The molecule has 3 aromatic rings. The van der Waals surface area contributed by atoms with Gasteiger partial charge in [-0.25, -0.2) is 9.50 Å². The van der Waals surface area contributed by atoms with Crippen LogP contribution in [0.15, 0.2) is 36.4 Å². The average Bonchev–Trinajstić information content (AvgIpc) is 2.67. The van der Waals surface area contributed by atoms with Gasteiger partial charge in [-0.3, -0.25) is 0 Å². The van der Waals surface area contributed by atoms with E-state index < -0.39 is 0 Å². The minimum atomic E-state index is 0.586. The highest BCUT2D eigenvalue weighted by molar-refractivity contribution is 6.29. The molecule has 90 valence electrons. The first-order chi connectivity index (χ1) is 8.66. The first-order valence-corrected chi connectivity index (χ1v) is 6.12. The van der Waals surface area contributed by atoms with Crippen molar-refractivity contribution >= 4 is 17.2 Å². The van der Waals surface area contributed by atoms with Crippen molar-refractivity contribution in [1.29, 1.82) is 0 Å². The Labute approximate surface area is 110 Å². The second-order valence-electron chi connectivity index (χ2n) is 4.28. The number of benzene rings is 1. The molecule has 0 saturated carbocycles. The zero-order valence-corrected chi connectivity index (χ0v) is 10.9. The number of aromatic nitrogens is 3. The van der Waals surface area contributed by atoms with E-state index in [1.807, 2.05) is 38.1 Å². The van der Waals surface area contributed by atoms with Crippen molar-refractivity contribution in [2.75, 3.05) is 0 Å². The molecule has 2 heterocycles. The minimum Gasteiger partial charge on any atom is -0.233 e. The van der Waals surface area contributed by atoms with E-state index >= 15 is 0 Å². The molecule has 0 N–H and O–H groups in total. The summed E-state index contributed by atoms with van der Waals surface area (Å²) in [4.78, 5) is 4.55. The van der Waals surface area contributed by atoms with Gasteiger partial charge < -0.3 is 0 Å². The quantitative estimate of drug-likeness (QED) is 0.623. The highest BCUT2D eigenvalue weighted by Gasteiger charge is 2.14. The normalized spacial score (nSPS) is 11.1. The predicted molar refractivity (Wildman–Crippen MR) is 72.9 cm³/mol. The van der Waals surface area contributed by atoms with E-state index in [1.165, 1.54) is 0 Å². The van der Waals surface area contributed by atoms with Gasteiger partial charge in [-0.1, -0.05) is 41.9 Å². The maximum Gasteiger partial charge on any atom is 0.165 e. The van der Waals surface area contributed by atoms with E-state index in [9.17, 15) is 0 Å². The predicted octanol–water partition coefficient (Wildman–Crippen LogP) is 3.67. The van der Waals surface area contributed by atoms with Gasteiger partial charge >= 0.3 is 0 Å². The topological polar surface area (TPSA) is 30.2 Å². The Balaban J connectivity index is 2.39. The van der Waals surface area contributed by atoms with Crippen LogP contribution in [0.1, 0.15) is 11.4 Å². The molecule has 0 aliphatic carbocycles. The summed E-state index contributed by atoms with van der Waals surface area (Å²) >= 11 is 6.20. The van der Waals surface area contributed by atoms with Gasteiger partial charge in [0.15, 0.2) is 5.65 Å². The Morgan fingerprint density at radius 2 is 1.83 bits per heavy atom. The van der Waals surface area contributed by atoms with Crippen molar-refractivity contribution in [3.8, 4) is 11.1 Å². The second-order valence-corrected chi connectivity index (χ2v) is 4.67. The Bertz CT molecular complexity index is 717. The van der Waals surface area contributed by atoms with Crippen LogP contribution >= 0.6 is 11.6 Å². The van der Waals surface area contributed by atoms with Gasteiger partial charge in [0.05, 0.1) is 5.69 Å².